The zero-order chi connectivity index (χ0) is 9.90. The Morgan fingerprint density at radius 2 is 2.15 bits per heavy atom. The minimum atomic E-state index is -4.25. The molecule has 1 rings (SSSR count). The number of H-pyrrole nitrogens is 2. The lowest BCUT2D eigenvalue weighted by molar-refractivity contribution is -0.125. The summed E-state index contributed by atoms with van der Waals surface area (Å²) in [6.07, 6.45) is -4.25. The fourth-order valence-corrected chi connectivity index (χ4v) is 0.712. The topological polar surface area (TPSA) is 73.6 Å². The van der Waals surface area contributed by atoms with Gasteiger partial charge in [0.1, 0.15) is 5.82 Å². The Labute approximate surface area is 70.4 Å². The fraction of sp³-hybridized carbons (Fsp3) is 0.600. The largest absolute Gasteiger partial charge is 0.401 e. The third-order valence-corrected chi connectivity index (χ3v) is 1.17. The van der Waals surface area contributed by atoms with Gasteiger partial charge in [-0.3, -0.25) is 4.98 Å². The molecular formula is C5H7F3N4O. The van der Waals surface area contributed by atoms with Crippen LogP contribution in [0.5, 0.6) is 0 Å². The lowest BCUT2D eigenvalue weighted by Gasteiger charge is -2.05. The summed E-state index contributed by atoms with van der Waals surface area (Å²) in [5.41, 5.74) is -0.538. The second-order valence-corrected chi connectivity index (χ2v) is 2.34. The standard InChI is InChI=1S/C5H7F3N4O/c6-5(7,8)2-9-1-3-10-4(13)12-11-3/h9H,1-2H2,(H2,10,11,12,13). The van der Waals surface area contributed by atoms with Crippen LogP contribution in [0.2, 0.25) is 0 Å². The first-order valence-corrected chi connectivity index (χ1v) is 3.38. The van der Waals surface area contributed by atoms with E-state index in [0.717, 1.165) is 0 Å². The second kappa shape index (κ2) is 3.60. The Hall–Kier alpha value is -1.31. The average Bonchev–Trinajstić information content (AvgIpc) is 2.33. The van der Waals surface area contributed by atoms with Crippen molar-refractivity contribution in [3.8, 4) is 0 Å². The van der Waals surface area contributed by atoms with Crippen molar-refractivity contribution in [2.75, 3.05) is 6.54 Å². The van der Waals surface area contributed by atoms with Gasteiger partial charge in [-0.15, -0.1) is 0 Å². The maximum atomic E-state index is 11.6. The van der Waals surface area contributed by atoms with Gasteiger partial charge in [-0.05, 0) is 0 Å². The molecular weight excluding hydrogens is 189 g/mol. The van der Waals surface area contributed by atoms with Crippen molar-refractivity contribution < 1.29 is 13.2 Å². The van der Waals surface area contributed by atoms with Gasteiger partial charge < -0.3 is 5.32 Å². The Kier molecular flexibility index (Phi) is 2.71. The van der Waals surface area contributed by atoms with E-state index in [2.05, 4.69) is 15.4 Å². The third kappa shape index (κ3) is 3.74. The van der Waals surface area contributed by atoms with Crippen LogP contribution in [0.4, 0.5) is 13.2 Å². The van der Waals surface area contributed by atoms with Crippen LogP contribution < -0.4 is 11.0 Å². The molecule has 1 heterocycles. The van der Waals surface area contributed by atoms with Gasteiger partial charge in [0.2, 0.25) is 0 Å². The summed E-state index contributed by atoms with van der Waals surface area (Å²) in [6.45, 7) is -1.24. The summed E-state index contributed by atoms with van der Waals surface area (Å²) in [5, 5.41) is 7.52. The molecule has 0 radical (unpaired) electrons. The molecule has 0 atom stereocenters. The molecule has 0 spiro atoms. The third-order valence-electron chi connectivity index (χ3n) is 1.17. The Morgan fingerprint density at radius 1 is 1.46 bits per heavy atom. The number of hydrogen-bond donors (Lipinski definition) is 3. The van der Waals surface area contributed by atoms with Crippen molar-refractivity contribution in [3.63, 3.8) is 0 Å². The number of rotatable bonds is 3. The molecule has 0 fully saturated rings. The molecule has 0 saturated heterocycles. The van der Waals surface area contributed by atoms with Crippen LogP contribution in [0.1, 0.15) is 5.82 Å². The summed E-state index contributed by atoms with van der Waals surface area (Å²) < 4.78 is 34.8. The first-order valence-electron chi connectivity index (χ1n) is 3.38. The molecule has 8 heteroatoms. The predicted molar refractivity (Wildman–Crippen MR) is 37.0 cm³/mol. The van der Waals surface area contributed by atoms with Gasteiger partial charge in [0.05, 0.1) is 13.1 Å². The van der Waals surface area contributed by atoms with Gasteiger partial charge in [-0.25, -0.2) is 9.89 Å². The highest BCUT2D eigenvalue weighted by molar-refractivity contribution is 4.79. The average molecular weight is 196 g/mol. The van der Waals surface area contributed by atoms with Gasteiger partial charge >= 0.3 is 11.9 Å². The van der Waals surface area contributed by atoms with Crippen molar-refractivity contribution in [2.45, 2.75) is 12.7 Å². The minimum absolute atomic E-state index is 0.127. The minimum Gasteiger partial charge on any atom is -0.302 e. The number of aromatic nitrogens is 3. The zero-order valence-electron chi connectivity index (χ0n) is 6.40. The van der Waals surface area contributed by atoms with Crippen molar-refractivity contribution in [3.05, 3.63) is 16.3 Å². The normalized spacial score (nSPS) is 11.9. The lowest BCUT2D eigenvalue weighted by atomic mass is 10.5. The molecule has 74 valence electrons. The molecule has 1 aromatic rings. The van der Waals surface area contributed by atoms with Gasteiger partial charge in [-0.2, -0.15) is 18.3 Å². The monoisotopic (exact) mass is 196 g/mol. The first kappa shape index (κ1) is 9.78. The smallest absolute Gasteiger partial charge is 0.302 e. The predicted octanol–water partition coefficient (Wildman–Crippen LogP) is -0.250. The number of halogens is 3. The van der Waals surface area contributed by atoms with Crippen LogP contribution in [0.25, 0.3) is 0 Å². The molecule has 3 N–H and O–H groups in total. The number of nitrogens with one attached hydrogen (secondary N) is 3. The van der Waals surface area contributed by atoms with Crippen molar-refractivity contribution in [1.29, 1.82) is 0 Å². The van der Waals surface area contributed by atoms with Crippen LogP contribution in [-0.4, -0.2) is 27.9 Å². The molecule has 0 aliphatic rings. The summed E-state index contributed by atoms with van der Waals surface area (Å²) in [7, 11) is 0. The molecule has 1 aromatic heterocycles. The van der Waals surface area contributed by atoms with E-state index in [1.165, 1.54) is 0 Å². The Balaban J connectivity index is 2.32. The van der Waals surface area contributed by atoms with Crippen LogP contribution in [-0.2, 0) is 6.54 Å². The van der Waals surface area contributed by atoms with Gasteiger partial charge in [0.25, 0.3) is 0 Å². The van der Waals surface area contributed by atoms with E-state index in [1.54, 1.807) is 0 Å². The lowest BCUT2D eigenvalue weighted by Crippen LogP contribution is -2.28. The number of hydrogen-bond acceptors (Lipinski definition) is 3. The Morgan fingerprint density at radius 3 is 2.62 bits per heavy atom. The van der Waals surface area contributed by atoms with Crippen LogP contribution in [0, 0.1) is 0 Å². The molecule has 13 heavy (non-hydrogen) atoms. The number of aromatic amines is 2. The van der Waals surface area contributed by atoms with Crippen LogP contribution in [0.3, 0.4) is 0 Å². The van der Waals surface area contributed by atoms with E-state index in [9.17, 15) is 18.0 Å². The summed E-state index contributed by atoms with van der Waals surface area (Å²) in [4.78, 5) is 12.6. The highest BCUT2D eigenvalue weighted by Gasteiger charge is 2.26. The molecule has 0 aliphatic heterocycles. The number of nitrogens with zero attached hydrogens (tertiary/aromatic N) is 1. The first-order chi connectivity index (χ1) is 5.97. The van der Waals surface area contributed by atoms with Gasteiger partial charge in [-0.1, -0.05) is 0 Å². The summed E-state index contributed by atoms with van der Waals surface area (Å²) in [6, 6.07) is 0. The number of alkyl halides is 3. The van der Waals surface area contributed by atoms with Crippen molar-refractivity contribution in [1.82, 2.24) is 20.5 Å². The maximum Gasteiger partial charge on any atom is 0.401 e. The highest BCUT2D eigenvalue weighted by Crippen LogP contribution is 2.12. The van der Waals surface area contributed by atoms with E-state index in [1.807, 2.05) is 5.10 Å². The Bertz CT molecular complexity index is 314. The zero-order valence-corrected chi connectivity index (χ0v) is 6.40. The quantitative estimate of drug-likeness (QED) is 0.624. The van der Waals surface area contributed by atoms with Crippen LogP contribution >= 0.6 is 0 Å². The summed E-state index contributed by atoms with van der Waals surface area (Å²) in [5.74, 6) is 0.147. The van der Waals surface area contributed by atoms with E-state index in [4.69, 9.17) is 0 Å². The van der Waals surface area contributed by atoms with Crippen molar-refractivity contribution in [2.24, 2.45) is 0 Å². The van der Waals surface area contributed by atoms with Crippen molar-refractivity contribution >= 4 is 0 Å². The molecule has 0 unspecified atom stereocenters. The van der Waals surface area contributed by atoms with Crippen LogP contribution in [0.15, 0.2) is 4.79 Å². The molecule has 0 bridgehead atoms. The summed E-state index contributed by atoms with van der Waals surface area (Å²) >= 11 is 0. The van der Waals surface area contributed by atoms with Gasteiger partial charge in [0.15, 0.2) is 0 Å². The van der Waals surface area contributed by atoms with E-state index < -0.39 is 18.4 Å². The molecule has 5 nitrogen and oxygen atoms in total. The molecule has 0 saturated carbocycles. The fourth-order valence-electron chi connectivity index (χ4n) is 0.712. The molecule has 0 aromatic carbocycles. The molecule has 0 amide bonds. The second-order valence-electron chi connectivity index (χ2n) is 2.34. The maximum absolute atomic E-state index is 11.6. The van der Waals surface area contributed by atoms with E-state index >= 15 is 0 Å². The highest BCUT2D eigenvalue weighted by atomic mass is 19.4. The van der Waals surface area contributed by atoms with E-state index in [-0.39, 0.29) is 12.4 Å². The SMILES string of the molecule is O=c1[nH]nc(CNCC(F)(F)F)[nH]1. The van der Waals surface area contributed by atoms with E-state index in [0.29, 0.717) is 0 Å². The van der Waals surface area contributed by atoms with Gasteiger partial charge in [0, 0.05) is 0 Å². The molecule has 0 aliphatic carbocycles.